The van der Waals surface area contributed by atoms with Gasteiger partial charge < -0.3 is 0 Å². The van der Waals surface area contributed by atoms with E-state index in [1.807, 2.05) is 4.40 Å². The zero-order valence-corrected chi connectivity index (χ0v) is 6.10. The van der Waals surface area contributed by atoms with Gasteiger partial charge in [0.25, 0.3) is 0 Å². The molecule has 2 N–H and O–H groups in total. The molecule has 0 fully saturated rings. The fourth-order valence-electron chi connectivity index (χ4n) is 0.129. The van der Waals surface area contributed by atoms with E-state index in [1.165, 1.54) is 0 Å². The summed E-state index contributed by atoms with van der Waals surface area (Å²) in [6.07, 6.45) is 3.39. The van der Waals surface area contributed by atoms with Crippen LogP contribution >= 0.6 is 0 Å². The maximum atomic E-state index is 5.29. The Morgan fingerprint density at radius 1 is 1.71 bits per heavy atom. The Morgan fingerprint density at radius 3 is 2.43 bits per heavy atom. The van der Waals surface area contributed by atoms with Gasteiger partial charge in [-0.2, -0.15) is 0 Å². The van der Waals surface area contributed by atoms with Crippen molar-refractivity contribution >= 4 is 4.40 Å². The van der Waals surface area contributed by atoms with Crippen molar-refractivity contribution in [2.45, 2.75) is 0 Å². The topological polar surface area (TPSA) is 26.0 Å². The Bertz CT molecular complexity index is 105. The molecule has 0 aliphatic rings. The summed E-state index contributed by atoms with van der Waals surface area (Å²) in [7, 11) is 0. The summed E-state index contributed by atoms with van der Waals surface area (Å²) in [5, 5.41) is 0. The summed E-state index contributed by atoms with van der Waals surface area (Å²) < 4.78 is 1.84. The van der Waals surface area contributed by atoms with E-state index >= 15 is 0 Å². The molecule has 7 heavy (non-hydrogen) atoms. The van der Waals surface area contributed by atoms with Gasteiger partial charge in [-0.3, -0.25) is 0 Å². The van der Waals surface area contributed by atoms with Crippen molar-refractivity contribution in [2.75, 3.05) is 0 Å². The third-order valence-electron chi connectivity index (χ3n) is 0.481. The molecule has 0 heterocycles. The summed E-state index contributed by atoms with van der Waals surface area (Å²) in [4.78, 5) is 0. The van der Waals surface area contributed by atoms with Gasteiger partial charge in [-0.25, -0.2) is 0 Å². The number of allylic oxidation sites excluding steroid dienone is 2. The Kier molecular flexibility index (Phi) is 3.92. The first-order valence-electron chi connectivity index (χ1n) is 1.79. The van der Waals surface area contributed by atoms with Gasteiger partial charge in [0.2, 0.25) is 0 Å². The minimum absolute atomic E-state index is 0.704. The fourth-order valence-corrected chi connectivity index (χ4v) is 0.566. The summed E-state index contributed by atoms with van der Waals surface area (Å²) in [5.74, 6) is 0. The molecule has 0 aromatic rings. The Labute approximate surface area is 54.3 Å². The Balaban J connectivity index is 3.72. The Hall–Kier alpha value is -0.162. The summed E-state index contributed by atoms with van der Waals surface area (Å²) >= 11 is 2.08. The van der Waals surface area contributed by atoms with E-state index in [9.17, 15) is 0 Å². The first kappa shape index (κ1) is 6.84. The predicted octanol–water partition coefficient (Wildman–Crippen LogP) is 0.364. The van der Waals surface area contributed by atoms with E-state index in [4.69, 9.17) is 5.73 Å². The van der Waals surface area contributed by atoms with Crippen LogP contribution in [0.5, 0.6) is 0 Å². The molecule has 2 heteroatoms. The molecule has 0 radical (unpaired) electrons. The second kappa shape index (κ2) is 4.01. The molecule has 0 rings (SSSR count). The van der Waals surface area contributed by atoms with Gasteiger partial charge in [0.15, 0.2) is 0 Å². The van der Waals surface area contributed by atoms with Crippen LogP contribution in [-0.4, -0.2) is 4.40 Å². The summed E-state index contributed by atoms with van der Waals surface area (Å²) in [6, 6.07) is 0. The normalized spacial score (nSPS) is 10.9. The molecule has 0 aromatic carbocycles. The zero-order valence-electron chi connectivity index (χ0n) is 3.83. The molecule has 0 atom stereocenters. The molecule has 0 unspecified atom stereocenters. The van der Waals surface area contributed by atoms with Gasteiger partial charge in [0.1, 0.15) is 0 Å². The Morgan fingerprint density at radius 2 is 2.29 bits per heavy atom. The van der Waals surface area contributed by atoms with Crippen molar-refractivity contribution in [3.05, 3.63) is 24.4 Å². The van der Waals surface area contributed by atoms with Crippen LogP contribution < -0.4 is 5.73 Å². The molecule has 0 saturated heterocycles. The molecule has 1 nitrogen and oxygen atoms in total. The average molecular weight is 276 g/mol. The van der Waals surface area contributed by atoms with Crippen molar-refractivity contribution in [3.8, 4) is 0 Å². The minimum atomic E-state index is 0.704. The van der Waals surface area contributed by atoms with Crippen molar-refractivity contribution in [2.24, 2.45) is 5.73 Å². The molecule has 0 aliphatic carbocycles. The SMILES string of the molecule is C=C/C(N)=C\[CH]=[Pt]. The van der Waals surface area contributed by atoms with E-state index in [0.29, 0.717) is 5.70 Å². The van der Waals surface area contributed by atoms with E-state index in [-0.39, 0.29) is 0 Å². The molecule has 0 aliphatic heterocycles. The van der Waals surface area contributed by atoms with Crippen molar-refractivity contribution in [1.82, 2.24) is 0 Å². The zero-order chi connectivity index (χ0) is 5.70. The van der Waals surface area contributed by atoms with Gasteiger partial charge in [0, 0.05) is 0 Å². The molecule has 0 saturated carbocycles. The second-order valence-electron chi connectivity index (χ2n) is 0.976. The predicted molar refractivity (Wildman–Crippen MR) is 28.5 cm³/mol. The van der Waals surface area contributed by atoms with Crippen LogP contribution in [0.2, 0.25) is 0 Å². The van der Waals surface area contributed by atoms with Crippen LogP contribution in [0, 0.1) is 0 Å². The van der Waals surface area contributed by atoms with E-state index in [1.54, 1.807) is 12.2 Å². The van der Waals surface area contributed by atoms with Crippen LogP contribution in [0.25, 0.3) is 0 Å². The van der Waals surface area contributed by atoms with Crippen LogP contribution in [0.15, 0.2) is 24.4 Å². The quantitative estimate of drug-likeness (QED) is 0.724. The molecule has 0 bridgehead atoms. The van der Waals surface area contributed by atoms with Crippen molar-refractivity contribution in [1.29, 1.82) is 0 Å². The molecule has 0 amide bonds. The van der Waals surface area contributed by atoms with Crippen LogP contribution in [0.4, 0.5) is 0 Å². The average Bonchev–Trinajstić information content (AvgIpc) is 1.68. The van der Waals surface area contributed by atoms with Crippen molar-refractivity contribution < 1.29 is 19.4 Å². The number of hydrogen-bond acceptors (Lipinski definition) is 1. The number of nitrogens with two attached hydrogens (primary N) is 1. The molecular formula is C5H7NPt. The maximum absolute atomic E-state index is 5.29. The van der Waals surface area contributed by atoms with Crippen molar-refractivity contribution in [3.63, 3.8) is 0 Å². The standard InChI is InChI=1S/C5H7N.Pt/c1-3-5(6)4-2;/h1,3-4H,2,6H2;/b5-3+;. The number of rotatable bonds is 2. The second-order valence-corrected chi connectivity index (χ2v) is 1.73. The summed E-state index contributed by atoms with van der Waals surface area (Å²) in [6.45, 7) is 3.46. The third-order valence-corrected chi connectivity index (χ3v) is 0.860. The van der Waals surface area contributed by atoms with Gasteiger partial charge >= 0.3 is 53.9 Å². The number of hydrogen-bond donors (Lipinski definition) is 1. The molecule has 0 aromatic heterocycles. The first-order chi connectivity index (χ1) is 3.31. The third kappa shape index (κ3) is 3.67. The van der Waals surface area contributed by atoms with Gasteiger partial charge in [-0.1, -0.05) is 0 Å². The molecular weight excluding hydrogens is 269 g/mol. The van der Waals surface area contributed by atoms with Gasteiger partial charge in [0.05, 0.1) is 0 Å². The summed E-state index contributed by atoms with van der Waals surface area (Å²) in [5.41, 5.74) is 5.99. The van der Waals surface area contributed by atoms with E-state index < -0.39 is 0 Å². The van der Waals surface area contributed by atoms with Crippen LogP contribution in [0.1, 0.15) is 0 Å². The molecule has 42 valence electrons. The van der Waals surface area contributed by atoms with E-state index in [0.717, 1.165) is 0 Å². The fraction of sp³-hybridized carbons (Fsp3) is 0. The molecule has 0 spiro atoms. The first-order valence-corrected chi connectivity index (χ1v) is 3.10. The monoisotopic (exact) mass is 276 g/mol. The van der Waals surface area contributed by atoms with Crippen LogP contribution in [-0.2, 0) is 19.4 Å². The van der Waals surface area contributed by atoms with Crippen LogP contribution in [0.3, 0.4) is 0 Å². The van der Waals surface area contributed by atoms with E-state index in [2.05, 4.69) is 25.9 Å². The van der Waals surface area contributed by atoms with Gasteiger partial charge in [-0.05, 0) is 0 Å². The van der Waals surface area contributed by atoms with Gasteiger partial charge in [-0.15, -0.1) is 0 Å².